The first-order valence-electron chi connectivity index (χ1n) is 4.10. The van der Waals surface area contributed by atoms with E-state index in [9.17, 15) is 0 Å². The lowest BCUT2D eigenvalue weighted by Gasteiger charge is -2.30. The van der Waals surface area contributed by atoms with Crippen LogP contribution in [0.5, 0.6) is 0 Å². The molecular formula is C9H14BrN3. The molecule has 0 aliphatic carbocycles. The van der Waals surface area contributed by atoms with Crippen molar-refractivity contribution in [2.45, 2.75) is 19.4 Å². The monoisotopic (exact) mass is 243 g/mol. The average molecular weight is 244 g/mol. The van der Waals surface area contributed by atoms with Crippen molar-refractivity contribution in [2.75, 3.05) is 14.1 Å². The molecule has 1 aromatic rings. The highest BCUT2D eigenvalue weighted by molar-refractivity contribution is 9.10. The maximum absolute atomic E-state index is 4.27. The van der Waals surface area contributed by atoms with Crippen molar-refractivity contribution in [3.8, 4) is 0 Å². The molecule has 72 valence electrons. The van der Waals surface area contributed by atoms with E-state index in [1.807, 2.05) is 14.1 Å². The first-order chi connectivity index (χ1) is 5.94. The van der Waals surface area contributed by atoms with E-state index < -0.39 is 0 Å². The minimum atomic E-state index is -0.124. The molecule has 1 aromatic heterocycles. The van der Waals surface area contributed by atoms with Gasteiger partial charge >= 0.3 is 0 Å². The summed E-state index contributed by atoms with van der Waals surface area (Å²) in [6.45, 7) is 4.19. The molecule has 1 heterocycles. The first kappa shape index (κ1) is 10.6. The Labute approximate surface area is 87.3 Å². The molecule has 0 bridgehead atoms. The molecule has 0 radical (unpaired) electrons. The van der Waals surface area contributed by atoms with E-state index in [4.69, 9.17) is 0 Å². The number of hydrogen-bond donors (Lipinski definition) is 0. The molecule has 0 atom stereocenters. The third kappa shape index (κ3) is 2.25. The summed E-state index contributed by atoms with van der Waals surface area (Å²) < 4.78 is 0.908. The molecule has 0 fully saturated rings. The predicted octanol–water partition coefficient (Wildman–Crippen LogP) is 2.04. The van der Waals surface area contributed by atoms with Gasteiger partial charge in [0.25, 0.3) is 0 Å². The lowest BCUT2D eigenvalue weighted by Crippen LogP contribution is -2.37. The zero-order valence-electron chi connectivity index (χ0n) is 8.37. The predicted molar refractivity (Wildman–Crippen MR) is 56.4 cm³/mol. The lowest BCUT2D eigenvalue weighted by atomic mass is 10.0. The van der Waals surface area contributed by atoms with Crippen LogP contribution in [0.2, 0.25) is 0 Å². The van der Waals surface area contributed by atoms with E-state index in [0.717, 1.165) is 10.3 Å². The topological polar surface area (TPSA) is 29.0 Å². The van der Waals surface area contributed by atoms with Crippen LogP contribution in [0, 0.1) is 0 Å². The van der Waals surface area contributed by atoms with Gasteiger partial charge in [-0.25, -0.2) is 9.97 Å². The SMILES string of the molecule is CN(C)C(C)(C)c1ncc(Br)cn1. The fourth-order valence-corrected chi connectivity index (χ4v) is 1.03. The van der Waals surface area contributed by atoms with Gasteiger partial charge in [-0.3, -0.25) is 4.90 Å². The summed E-state index contributed by atoms with van der Waals surface area (Å²) in [5, 5.41) is 0. The molecule has 3 nitrogen and oxygen atoms in total. The van der Waals surface area contributed by atoms with Crippen LogP contribution in [-0.4, -0.2) is 29.0 Å². The zero-order chi connectivity index (χ0) is 10.1. The van der Waals surface area contributed by atoms with Gasteiger partial charge in [-0.2, -0.15) is 0 Å². The average Bonchev–Trinajstić information content (AvgIpc) is 2.04. The Morgan fingerprint density at radius 1 is 1.23 bits per heavy atom. The molecule has 4 heteroatoms. The van der Waals surface area contributed by atoms with Gasteiger partial charge in [-0.05, 0) is 43.9 Å². The van der Waals surface area contributed by atoms with E-state index in [1.54, 1.807) is 12.4 Å². The van der Waals surface area contributed by atoms with Crippen molar-refractivity contribution in [1.82, 2.24) is 14.9 Å². The molecule has 0 aliphatic heterocycles. The summed E-state index contributed by atoms with van der Waals surface area (Å²) in [4.78, 5) is 10.6. The highest BCUT2D eigenvalue weighted by Crippen LogP contribution is 2.21. The van der Waals surface area contributed by atoms with Gasteiger partial charge in [-0.1, -0.05) is 0 Å². The summed E-state index contributed by atoms with van der Waals surface area (Å²) in [5.41, 5.74) is -0.124. The van der Waals surface area contributed by atoms with E-state index in [1.165, 1.54) is 0 Å². The minimum Gasteiger partial charge on any atom is -0.298 e. The van der Waals surface area contributed by atoms with Crippen LogP contribution in [0.15, 0.2) is 16.9 Å². The Bertz CT molecular complexity index is 279. The highest BCUT2D eigenvalue weighted by atomic mass is 79.9. The Kier molecular flexibility index (Phi) is 3.03. The van der Waals surface area contributed by atoms with Gasteiger partial charge in [-0.15, -0.1) is 0 Å². The van der Waals surface area contributed by atoms with Crippen LogP contribution in [0.25, 0.3) is 0 Å². The molecule has 0 saturated carbocycles. The standard InChI is InChI=1S/C9H14BrN3/c1-9(2,13(3)4)8-11-5-7(10)6-12-8/h5-6H,1-4H3. The van der Waals surface area contributed by atoms with Crippen molar-refractivity contribution in [1.29, 1.82) is 0 Å². The summed E-state index contributed by atoms with van der Waals surface area (Å²) in [5.74, 6) is 0.834. The van der Waals surface area contributed by atoms with E-state index in [-0.39, 0.29) is 5.54 Å². The van der Waals surface area contributed by atoms with E-state index in [2.05, 4.69) is 44.6 Å². The van der Waals surface area contributed by atoms with Crippen molar-refractivity contribution in [3.63, 3.8) is 0 Å². The molecule has 0 aliphatic rings. The second kappa shape index (κ2) is 3.72. The molecule has 1 rings (SSSR count). The van der Waals surface area contributed by atoms with Crippen molar-refractivity contribution in [2.24, 2.45) is 0 Å². The van der Waals surface area contributed by atoms with Gasteiger partial charge < -0.3 is 0 Å². The third-order valence-corrected chi connectivity index (χ3v) is 2.70. The summed E-state index contributed by atoms with van der Waals surface area (Å²) in [6, 6.07) is 0. The van der Waals surface area contributed by atoms with Crippen LogP contribution in [0.3, 0.4) is 0 Å². The smallest absolute Gasteiger partial charge is 0.147 e. The first-order valence-corrected chi connectivity index (χ1v) is 4.89. The summed E-state index contributed by atoms with van der Waals surface area (Å²) in [7, 11) is 4.04. The van der Waals surface area contributed by atoms with Gasteiger partial charge in [0.15, 0.2) is 0 Å². The fourth-order valence-electron chi connectivity index (χ4n) is 0.828. The highest BCUT2D eigenvalue weighted by Gasteiger charge is 2.25. The van der Waals surface area contributed by atoms with Crippen molar-refractivity contribution < 1.29 is 0 Å². The zero-order valence-corrected chi connectivity index (χ0v) is 9.96. The molecule has 0 amide bonds. The number of halogens is 1. The Morgan fingerprint density at radius 2 is 1.69 bits per heavy atom. The van der Waals surface area contributed by atoms with Gasteiger partial charge in [0.2, 0.25) is 0 Å². The maximum atomic E-state index is 4.27. The lowest BCUT2D eigenvalue weighted by molar-refractivity contribution is 0.185. The Hall–Kier alpha value is -0.480. The van der Waals surface area contributed by atoms with Gasteiger partial charge in [0.05, 0.1) is 10.0 Å². The molecule has 0 unspecified atom stereocenters. The number of aromatic nitrogens is 2. The Morgan fingerprint density at radius 3 is 2.08 bits per heavy atom. The van der Waals surface area contributed by atoms with Crippen molar-refractivity contribution >= 4 is 15.9 Å². The molecule has 0 aromatic carbocycles. The summed E-state index contributed by atoms with van der Waals surface area (Å²) >= 11 is 3.31. The van der Waals surface area contributed by atoms with Crippen LogP contribution in [0.1, 0.15) is 19.7 Å². The second-order valence-corrected chi connectivity index (χ2v) is 4.59. The van der Waals surface area contributed by atoms with Gasteiger partial charge in [0, 0.05) is 12.4 Å². The maximum Gasteiger partial charge on any atom is 0.147 e. The quantitative estimate of drug-likeness (QED) is 0.797. The van der Waals surface area contributed by atoms with Crippen LogP contribution >= 0.6 is 15.9 Å². The van der Waals surface area contributed by atoms with E-state index in [0.29, 0.717) is 0 Å². The summed E-state index contributed by atoms with van der Waals surface area (Å²) in [6.07, 6.45) is 3.54. The fraction of sp³-hybridized carbons (Fsp3) is 0.556. The number of nitrogens with zero attached hydrogens (tertiary/aromatic N) is 3. The molecule has 0 saturated heterocycles. The third-order valence-electron chi connectivity index (χ3n) is 2.29. The number of hydrogen-bond acceptors (Lipinski definition) is 3. The second-order valence-electron chi connectivity index (χ2n) is 3.68. The molecule has 0 spiro atoms. The molecule has 13 heavy (non-hydrogen) atoms. The molecular weight excluding hydrogens is 230 g/mol. The largest absolute Gasteiger partial charge is 0.298 e. The van der Waals surface area contributed by atoms with Crippen LogP contribution < -0.4 is 0 Å². The number of rotatable bonds is 2. The van der Waals surface area contributed by atoms with Crippen molar-refractivity contribution in [3.05, 3.63) is 22.7 Å². The molecule has 0 N–H and O–H groups in total. The van der Waals surface area contributed by atoms with E-state index >= 15 is 0 Å². The minimum absolute atomic E-state index is 0.124. The normalized spacial score (nSPS) is 12.2. The van der Waals surface area contributed by atoms with Gasteiger partial charge in [0.1, 0.15) is 5.82 Å². The Balaban J connectivity index is 3.01. The van der Waals surface area contributed by atoms with Crippen LogP contribution in [-0.2, 0) is 5.54 Å². The van der Waals surface area contributed by atoms with Crippen LogP contribution in [0.4, 0.5) is 0 Å².